The summed E-state index contributed by atoms with van der Waals surface area (Å²) in [5, 5.41) is 11.2. The van der Waals surface area contributed by atoms with E-state index < -0.39 is 5.92 Å². The lowest BCUT2D eigenvalue weighted by Gasteiger charge is -2.40. The number of Topliss-reactive ketones (excluding diaryl/α,β-unsaturated/α-hetero) is 1. The molecule has 3 N–H and O–H groups in total. The largest absolute Gasteiger partial charge is 0.495 e. The van der Waals surface area contributed by atoms with E-state index in [0.717, 1.165) is 34.3 Å². The summed E-state index contributed by atoms with van der Waals surface area (Å²) < 4.78 is 5.56. The summed E-state index contributed by atoms with van der Waals surface area (Å²) in [6.07, 6.45) is 3.81. The normalized spacial score (nSPS) is 18.9. The highest BCUT2D eigenvalue weighted by Gasteiger charge is 2.40. The summed E-state index contributed by atoms with van der Waals surface area (Å²) in [6, 6.07) is 17.8. The summed E-state index contributed by atoms with van der Waals surface area (Å²) in [5.74, 6) is 0.582. The highest BCUT2D eigenvalue weighted by atomic mass is 16.5. The van der Waals surface area contributed by atoms with Crippen molar-refractivity contribution in [1.29, 1.82) is 5.26 Å². The van der Waals surface area contributed by atoms with Crippen LogP contribution in [0.4, 0.5) is 5.69 Å². The number of nitrogens with two attached hydrogens (primary N) is 1. The summed E-state index contributed by atoms with van der Waals surface area (Å²) in [5.41, 5.74) is 11.2. The lowest BCUT2D eigenvalue weighted by atomic mass is 9.75. The maximum Gasteiger partial charge on any atom is 0.161 e. The fourth-order valence-electron chi connectivity index (χ4n) is 4.76. The molecule has 1 aliphatic heterocycles. The molecule has 6 heteroatoms. The predicted octanol–water partition coefficient (Wildman–Crippen LogP) is 4.48. The van der Waals surface area contributed by atoms with E-state index >= 15 is 0 Å². The van der Waals surface area contributed by atoms with Gasteiger partial charge in [-0.05, 0) is 54.1 Å². The number of nitrogens with one attached hydrogen (secondary N) is 1. The topological polar surface area (TPSA) is 95.1 Å². The molecule has 31 heavy (non-hydrogen) atoms. The first kappa shape index (κ1) is 19.0. The fraction of sp³-hybridized carbons (Fsp3) is 0.200. The summed E-state index contributed by atoms with van der Waals surface area (Å²) in [7, 11) is 1.60. The van der Waals surface area contributed by atoms with Crippen LogP contribution in [0.3, 0.4) is 0 Å². The molecule has 154 valence electrons. The van der Waals surface area contributed by atoms with E-state index in [9.17, 15) is 10.1 Å². The van der Waals surface area contributed by atoms with Gasteiger partial charge in [0.05, 0.1) is 30.4 Å². The number of para-hydroxylation sites is 2. The van der Waals surface area contributed by atoms with Crippen molar-refractivity contribution in [3.63, 3.8) is 0 Å². The van der Waals surface area contributed by atoms with E-state index in [0.29, 0.717) is 35.6 Å². The van der Waals surface area contributed by atoms with Gasteiger partial charge in [-0.1, -0.05) is 18.2 Å². The molecule has 0 amide bonds. The SMILES string of the molecule is COc1ccccc1N1C(N)=C(C#N)C(c2ccc3[nH]ccc3c2)C2=C1CCCC2=O. The van der Waals surface area contributed by atoms with Gasteiger partial charge in [0.2, 0.25) is 0 Å². The Labute approximate surface area is 180 Å². The Kier molecular flexibility index (Phi) is 4.52. The molecule has 0 bridgehead atoms. The predicted molar refractivity (Wildman–Crippen MR) is 119 cm³/mol. The van der Waals surface area contributed by atoms with Crippen molar-refractivity contribution in [2.75, 3.05) is 12.0 Å². The molecular formula is C25H22N4O2. The van der Waals surface area contributed by atoms with Crippen molar-refractivity contribution in [1.82, 2.24) is 4.98 Å². The number of rotatable bonds is 3. The van der Waals surface area contributed by atoms with Gasteiger partial charge in [0.1, 0.15) is 11.6 Å². The zero-order valence-corrected chi connectivity index (χ0v) is 17.2. The second-order valence-electron chi connectivity index (χ2n) is 7.81. The zero-order valence-electron chi connectivity index (χ0n) is 17.2. The van der Waals surface area contributed by atoms with Crippen molar-refractivity contribution < 1.29 is 9.53 Å². The Morgan fingerprint density at radius 1 is 1.19 bits per heavy atom. The number of methoxy groups -OCH3 is 1. The highest BCUT2D eigenvalue weighted by molar-refractivity contribution is 6.01. The van der Waals surface area contributed by atoms with Crippen LogP contribution in [0.5, 0.6) is 5.75 Å². The Hall–Kier alpha value is -3.98. The molecule has 0 saturated heterocycles. The Morgan fingerprint density at radius 3 is 2.84 bits per heavy atom. The molecule has 2 aliphatic rings. The number of hydrogen-bond donors (Lipinski definition) is 2. The molecule has 0 saturated carbocycles. The zero-order chi connectivity index (χ0) is 21.5. The Morgan fingerprint density at radius 2 is 2.03 bits per heavy atom. The number of aromatic nitrogens is 1. The molecular weight excluding hydrogens is 388 g/mol. The minimum atomic E-state index is -0.474. The lowest BCUT2D eigenvalue weighted by Crippen LogP contribution is -2.38. The number of H-pyrrole nitrogens is 1. The standard InChI is InChI=1S/C25H22N4O2/c1-31-22-8-3-2-5-19(22)29-20-6-4-7-21(30)24(20)23(17(14-26)25(29)27)16-9-10-18-15(13-16)11-12-28-18/h2-3,5,8-13,23,28H,4,6-7,27H2,1H3. The number of allylic oxidation sites excluding steroid dienone is 3. The van der Waals surface area contributed by atoms with Crippen LogP contribution in [-0.4, -0.2) is 17.9 Å². The number of nitriles is 1. The molecule has 0 radical (unpaired) electrons. The number of carbonyl (C=O) groups is 1. The summed E-state index contributed by atoms with van der Waals surface area (Å²) in [6.45, 7) is 0. The van der Waals surface area contributed by atoms with Crippen LogP contribution < -0.4 is 15.4 Å². The average Bonchev–Trinajstić information content (AvgIpc) is 3.26. The van der Waals surface area contributed by atoms with E-state index in [1.54, 1.807) is 7.11 Å². The van der Waals surface area contributed by atoms with Gasteiger partial charge in [-0.3, -0.25) is 9.69 Å². The third-order valence-electron chi connectivity index (χ3n) is 6.15. The molecule has 3 aromatic rings. The molecule has 1 unspecified atom stereocenters. The number of nitrogens with zero attached hydrogens (tertiary/aromatic N) is 2. The van der Waals surface area contributed by atoms with Crippen LogP contribution in [0.25, 0.3) is 10.9 Å². The van der Waals surface area contributed by atoms with Crippen molar-refractivity contribution in [3.8, 4) is 11.8 Å². The van der Waals surface area contributed by atoms with E-state index in [4.69, 9.17) is 10.5 Å². The van der Waals surface area contributed by atoms with Gasteiger partial charge in [0.15, 0.2) is 5.78 Å². The summed E-state index contributed by atoms with van der Waals surface area (Å²) in [4.78, 5) is 18.3. The van der Waals surface area contributed by atoms with Crippen molar-refractivity contribution in [2.45, 2.75) is 25.2 Å². The molecule has 2 heterocycles. The minimum absolute atomic E-state index is 0.0700. The number of ketones is 1. The van der Waals surface area contributed by atoms with Crippen LogP contribution >= 0.6 is 0 Å². The monoisotopic (exact) mass is 410 g/mol. The van der Waals surface area contributed by atoms with Crippen LogP contribution in [0.15, 0.2) is 77.4 Å². The first-order valence-electron chi connectivity index (χ1n) is 10.3. The molecule has 1 atom stereocenters. The number of benzene rings is 2. The average molecular weight is 410 g/mol. The number of ether oxygens (including phenoxy) is 1. The number of anilines is 1. The second-order valence-corrected chi connectivity index (χ2v) is 7.81. The fourth-order valence-corrected chi connectivity index (χ4v) is 4.76. The van der Waals surface area contributed by atoms with Crippen LogP contribution in [-0.2, 0) is 4.79 Å². The first-order chi connectivity index (χ1) is 15.1. The van der Waals surface area contributed by atoms with E-state index in [1.807, 2.05) is 59.6 Å². The van der Waals surface area contributed by atoms with E-state index in [-0.39, 0.29) is 5.78 Å². The van der Waals surface area contributed by atoms with Gasteiger partial charge in [0.25, 0.3) is 0 Å². The maximum atomic E-state index is 13.2. The van der Waals surface area contributed by atoms with Crippen LogP contribution in [0, 0.1) is 11.3 Å². The number of fused-ring (bicyclic) bond motifs is 1. The lowest BCUT2D eigenvalue weighted by molar-refractivity contribution is -0.116. The van der Waals surface area contributed by atoms with Crippen LogP contribution in [0.2, 0.25) is 0 Å². The van der Waals surface area contributed by atoms with Crippen molar-refractivity contribution in [3.05, 3.63) is 83.0 Å². The van der Waals surface area contributed by atoms with Gasteiger partial charge in [0, 0.05) is 29.4 Å². The number of aromatic amines is 1. The van der Waals surface area contributed by atoms with Crippen LogP contribution in [0.1, 0.15) is 30.7 Å². The Balaban J connectivity index is 1.77. The third-order valence-corrected chi connectivity index (χ3v) is 6.15. The van der Waals surface area contributed by atoms with Crippen molar-refractivity contribution >= 4 is 22.4 Å². The molecule has 6 nitrogen and oxygen atoms in total. The number of hydrogen-bond acceptors (Lipinski definition) is 5. The van der Waals surface area contributed by atoms with Gasteiger partial charge in [-0.25, -0.2) is 0 Å². The molecule has 0 spiro atoms. The van der Waals surface area contributed by atoms with E-state index in [1.165, 1.54) is 0 Å². The molecule has 1 aromatic heterocycles. The smallest absolute Gasteiger partial charge is 0.161 e. The van der Waals surface area contributed by atoms with Gasteiger partial charge in [-0.15, -0.1) is 0 Å². The molecule has 2 aromatic carbocycles. The molecule has 0 fully saturated rings. The Bertz CT molecular complexity index is 1310. The van der Waals surface area contributed by atoms with Crippen molar-refractivity contribution in [2.24, 2.45) is 5.73 Å². The van der Waals surface area contributed by atoms with Gasteiger partial charge in [-0.2, -0.15) is 5.26 Å². The number of carbonyl (C=O) groups excluding carboxylic acids is 1. The minimum Gasteiger partial charge on any atom is -0.495 e. The third kappa shape index (κ3) is 2.89. The summed E-state index contributed by atoms with van der Waals surface area (Å²) >= 11 is 0. The molecule has 1 aliphatic carbocycles. The second kappa shape index (κ2) is 7.37. The van der Waals surface area contributed by atoms with E-state index in [2.05, 4.69) is 11.1 Å². The first-order valence-corrected chi connectivity index (χ1v) is 10.3. The van der Waals surface area contributed by atoms with Gasteiger partial charge >= 0.3 is 0 Å². The van der Waals surface area contributed by atoms with Gasteiger partial charge < -0.3 is 15.5 Å². The highest BCUT2D eigenvalue weighted by Crippen LogP contribution is 2.48. The maximum absolute atomic E-state index is 13.2. The quantitative estimate of drug-likeness (QED) is 0.664. The molecule has 5 rings (SSSR count).